The number of carbonyl (C=O) groups excluding carboxylic acids is 1. The van der Waals surface area contributed by atoms with E-state index in [0.717, 1.165) is 18.5 Å². The monoisotopic (exact) mass is 307 g/mol. The molecule has 3 rings (SSSR count). The molecular formula is C14H14FN3O2S. The fourth-order valence-corrected chi connectivity index (χ4v) is 2.91. The molecule has 5 nitrogen and oxygen atoms in total. The molecule has 2 aromatic heterocycles. The molecule has 0 radical (unpaired) electrons. The Labute approximate surface area is 125 Å². The van der Waals surface area contributed by atoms with Gasteiger partial charge in [0.15, 0.2) is 5.13 Å². The number of rotatable bonds is 5. The lowest BCUT2D eigenvalue weighted by Crippen LogP contribution is -2.23. The zero-order valence-corrected chi connectivity index (χ0v) is 12.2. The van der Waals surface area contributed by atoms with Crippen molar-refractivity contribution < 1.29 is 13.9 Å². The lowest BCUT2D eigenvalue weighted by molar-refractivity contribution is -0.146. The van der Waals surface area contributed by atoms with Crippen molar-refractivity contribution in [1.29, 1.82) is 0 Å². The smallest absolute Gasteiger partial charge is 0.318 e. The highest BCUT2D eigenvalue weighted by atomic mass is 32.1. The van der Waals surface area contributed by atoms with E-state index in [0.29, 0.717) is 17.4 Å². The Morgan fingerprint density at radius 2 is 2.33 bits per heavy atom. The van der Waals surface area contributed by atoms with Crippen molar-refractivity contribution >= 4 is 28.1 Å². The second kappa shape index (κ2) is 5.40. The Morgan fingerprint density at radius 1 is 1.52 bits per heavy atom. The van der Waals surface area contributed by atoms with Crippen LogP contribution < -0.4 is 5.32 Å². The van der Waals surface area contributed by atoms with E-state index in [9.17, 15) is 9.18 Å². The molecule has 1 aliphatic carbocycles. The fraction of sp³-hybridized carbons (Fsp3) is 0.357. The summed E-state index contributed by atoms with van der Waals surface area (Å²) in [6.45, 7) is 2.17. The largest absolute Gasteiger partial charge is 0.465 e. The average Bonchev–Trinajstić information content (AvgIpc) is 3.16. The third-order valence-electron chi connectivity index (χ3n) is 3.39. The van der Waals surface area contributed by atoms with Crippen LogP contribution in [0.5, 0.6) is 0 Å². The van der Waals surface area contributed by atoms with Gasteiger partial charge in [-0.2, -0.15) is 4.39 Å². The maximum atomic E-state index is 12.8. The number of esters is 1. The summed E-state index contributed by atoms with van der Waals surface area (Å²) in [7, 11) is 0. The van der Waals surface area contributed by atoms with Crippen molar-refractivity contribution in [1.82, 2.24) is 9.97 Å². The first-order valence-corrected chi connectivity index (χ1v) is 7.54. The lowest BCUT2D eigenvalue weighted by Gasteiger charge is -2.10. The van der Waals surface area contributed by atoms with Gasteiger partial charge in [-0.05, 0) is 31.9 Å². The Hall–Kier alpha value is -2.02. The molecule has 7 heteroatoms. The van der Waals surface area contributed by atoms with Crippen LogP contribution in [0.1, 0.15) is 25.5 Å². The van der Waals surface area contributed by atoms with Crippen LogP contribution in [0, 0.1) is 5.95 Å². The van der Waals surface area contributed by atoms with Gasteiger partial charge < -0.3 is 10.1 Å². The Kier molecular flexibility index (Phi) is 3.59. The summed E-state index contributed by atoms with van der Waals surface area (Å²) in [5, 5.41) is 5.56. The first-order chi connectivity index (χ1) is 10.1. The molecule has 2 heterocycles. The van der Waals surface area contributed by atoms with Gasteiger partial charge in [-0.15, -0.1) is 11.3 Å². The van der Waals surface area contributed by atoms with Crippen molar-refractivity contribution in [2.45, 2.75) is 25.2 Å². The van der Waals surface area contributed by atoms with E-state index in [4.69, 9.17) is 4.74 Å². The summed E-state index contributed by atoms with van der Waals surface area (Å²) in [5.74, 6) is -0.732. The molecule has 1 saturated carbocycles. The maximum Gasteiger partial charge on any atom is 0.318 e. The van der Waals surface area contributed by atoms with Gasteiger partial charge in [0, 0.05) is 5.38 Å². The van der Waals surface area contributed by atoms with E-state index < -0.39 is 11.4 Å². The van der Waals surface area contributed by atoms with Gasteiger partial charge in [-0.3, -0.25) is 4.79 Å². The summed E-state index contributed by atoms with van der Waals surface area (Å²) in [6, 6.07) is 2.86. The van der Waals surface area contributed by atoms with Gasteiger partial charge in [-0.1, -0.05) is 0 Å². The van der Waals surface area contributed by atoms with Gasteiger partial charge in [0.1, 0.15) is 5.41 Å². The first-order valence-electron chi connectivity index (χ1n) is 6.66. The molecular weight excluding hydrogens is 293 g/mol. The van der Waals surface area contributed by atoms with Crippen LogP contribution in [0.4, 0.5) is 15.2 Å². The van der Waals surface area contributed by atoms with E-state index in [1.165, 1.54) is 23.6 Å². The molecule has 0 unspecified atom stereocenters. The van der Waals surface area contributed by atoms with Crippen molar-refractivity contribution in [2.75, 3.05) is 11.9 Å². The minimum Gasteiger partial charge on any atom is -0.465 e. The SMILES string of the molecule is CCOC(=O)C1(c2csc(Nc3ccc(F)nc3)n2)CC1. The van der Waals surface area contributed by atoms with Crippen LogP contribution in [-0.4, -0.2) is 22.5 Å². The van der Waals surface area contributed by atoms with Gasteiger partial charge in [-0.25, -0.2) is 9.97 Å². The number of halogens is 1. The van der Waals surface area contributed by atoms with Gasteiger partial charge >= 0.3 is 5.97 Å². The number of carbonyl (C=O) groups is 1. The van der Waals surface area contributed by atoms with Crippen LogP contribution >= 0.6 is 11.3 Å². The number of nitrogens with one attached hydrogen (secondary N) is 1. The minimum atomic E-state index is -0.562. The second-order valence-corrected chi connectivity index (χ2v) is 5.69. The van der Waals surface area contributed by atoms with Crippen LogP contribution in [-0.2, 0) is 14.9 Å². The molecule has 0 bridgehead atoms. The first kappa shape index (κ1) is 13.9. The fourth-order valence-electron chi connectivity index (χ4n) is 2.08. The van der Waals surface area contributed by atoms with Crippen molar-refractivity contribution in [2.24, 2.45) is 0 Å². The van der Waals surface area contributed by atoms with Gasteiger partial charge in [0.05, 0.1) is 24.2 Å². The molecule has 1 aliphatic rings. The molecule has 0 aromatic carbocycles. The molecule has 2 aromatic rings. The lowest BCUT2D eigenvalue weighted by atomic mass is 10.0. The number of anilines is 2. The number of ether oxygens (including phenoxy) is 1. The van der Waals surface area contributed by atoms with Crippen LogP contribution in [0.2, 0.25) is 0 Å². The summed E-state index contributed by atoms with van der Waals surface area (Å²) in [5.41, 5.74) is 0.829. The molecule has 0 spiro atoms. The number of aromatic nitrogens is 2. The van der Waals surface area contributed by atoms with Crippen molar-refractivity contribution in [3.8, 4) is 0 Å². The highest BCUT2D eigenvalue weighted by Gasteiger charge is 2.54. The summed E-state index contributed by atoms with van der Waals surface area (Å²) in [6.07, 6.45) is 2.94. The zero-order valence-electron chi connectivity index (χ0n) is 11.4. The Morgan fingerprint density at radius 3 is 2.95 bits per heavy atom. The number of nitrogens with zero attached hydrogens (tertiary/aromatic N) is 2. The predicted molar refractivity (Wildman–Crippen MR) is 77.1 cm³/mol. The molecule has 110 valence electrons. The van der Waals surface area contributed by atoms with Crippen molar-refractivity contribution in [3.05, 3.63) is 35.4 Å². The average molecular weight is 307 g/mol. The van der Waals surface area contributed by atoms with Gasteiger partial charge in [0.25, 0.3) is 0 Å². The molecule has 1 fully saturated rings. The standard InChI is InChI=1S/C14H14FN3O2S/c1-2-20-12(19)14(5-6-14)10-8-21-13(18-10)17-9-3-4-11(15)16-7-9/h3-4,7-8H,2,5-6H2,1H3,(H,17,18). The van der Waals surface area contributed by atoms with E-state index in [1.54, 1.807) is 13.0 Å². The van der Waals surface area contributed by atoms with E-state index in [-0.39, 0.29) is 5.97 Å². The summed E-state index contributed by atoms with van der Waals surface area (Å²) >= 11 is 1.40. The van der Waals surface area contributed by atoms with Crippen LogP contribution in [0.15, 0.2) is 23.7 Å². The number of hydrogen-bond donors (Lipinski definition) is 1. The second-order valence-electron chi connectivity index (χ2n) is 4.84. The van der Waals surface area contributed by atoms with Crippen LogP contribution in [0.25, 0.3) is 0 Å². The third-order valence-corrected chi connectivity index (χ3v) is 4.15. The molecule has 0 atom stereocenters. The minimum absolute atomic E-state index is 0.203. The normalized spacial score (nSPS) is 15.5. The molecule has 0 aliphatic heterocycles. The number of hydrogen-bond acceptors (Lipinski definition) is 6. The Bertz CT molecular complexity index is 652. The Balaban J connectivity index is 1.75. The molecule has 0 saturated heterocycles. The van der Waals surface area contributed by atoms with Crippen molar-refractivity contribution in [3.63, 3.8) is 0 Å². The topological polar surface area (TPSA) is 64.1 Å². The molecule has 0 amide bonds. The van der Waals surface area contributed by atoms with E-state index in [1.807, 2.05) is 5.38 Å². The number of pyridine rings is 1. The van der Waals surface area contributed by atoms with E-state index >= 15 is 0 Å². The molecule has 1 N–H and O–H groups in total. The highest BCUT2D eigenvalue weighted by molar-refractivity contribution is 7.13. The van der Waals surface area contributed by atoms with Gasteiger partial charge in [0.2, 0.25) is 5.95 Å². The summed E-state index contributed by atoms with van der Waals surface area (Å²) < 4.78 is 17.9. The van der Waals surface area contributed by atoms with Crippen LogP contribution in [0.3, 0.4) is 0 Å². The quantitative estimate of drug-likeness (QED) is 0.679. The third kappa shape index (κ3) is 2.73. The maximum absolute atomic E-state index is 12.8. The highest BCUT2D eigenvalue weighted by Crippen LogP contribution is 2.49. The summed E-state index contributed by atoms with van der Waals surface area (Å²) in [4.78, 5) is 20.0. The van der Waals surface area contributed by atoms with E-state index in [2.05, 4.69) is 15.3 Å². The number of thiazole rings is 1. The zero-order chi connectivity index (χ0) is 14.9. The molecule has 21 heavy (non-hydrogen) atoms. The predicted octanol–water partition coefficient (Wildman–Crippen LogP) is 3.02.